The summed E-state index contributed by atoms with van der Waals surface area (Å²) in [6.45, 7) is 3.77. The van der Waals surface area contributed by atoms with Crippen LogP contribution in [0.5, 0.6) is 0 Å². The molecule has 0 saturated heterocycles. The molecule has 0 fully saturated rings. The maximum absolute atomic E-state index is 10.8. The highest BCUT2D eigenvalue weighted by Crippen LogP contribution is 2.20. The highest BCUT2D eigenvalue weighted by Gasteiger charge is 2.12. The highest BCUT2D eigenvalue weighted by molar-refractivity contribution is 7.71. The number of nitrogens with zero attached hydrogens (tertiary/aromatic N) is 2. The van der Waals surface area contributed by atoms with Crippen molar-refractivity contribution in [3.8, 4) is 0 Å². The molecule has 0 bridgehead atoms. The van der Waals surface area contributed by atoms with Crippen molar-refractivity contribution in [3.05, 3.63) is 68.5 Å². The second kappa shape index (κ2) is 5.83. The number of non-ortho nitro benzene ring substituents is 1. The van der Waals surface area contributed by atoms with Gasteiger partial charge >= 0.3 is 0 Å². The Morgan fingerprint density at radius 3 is 2.75 bits per heavy atom. The van der Waals surface area contributed by atoms with Crippen LogP contribution in [0.25, 0.3) is 0 Å². The normalized spacial score (nSPS) is 11.9. The average molecular weight is 290 g/mol. The lowest BCUT2D eigenvalue weighted by Crippen LogP contribution is -2.16. The van der Waals surface area contributed by atoms with Gasteiger partial charge in [-0.05, 0) is 31.5 Å². The number of benzene rings is 1. The van der Waals surface area contributed by atoms with Crippen molar-refractivity contribution >= 4 is 17.9 Å². The van der Waals surface area contributed by atoms with E-state index in [2.05, 4.69) is 0 Å². The van der Waals surface area contributed by atoms with Crippen LogP contribution in [0.3, 0.4) is 0 Å². The minimum absolute atomic E-state index is 0.0467. The van der Waals surface area contributed by atoms with Crippen molar-refractivity contribution in [2.45, 2.75) is 20.0 Å². The number of nitro groups is 1. The van der Waals surface area contributed by atoms with Crippen LogP contribution in [0.4, 0.5) is 5.69 Å². The number of rotatable bonds is 4. The Morgan fingerprint density at radius 2 is 2.10 bits per heavy atom. The number of hydrogen-bond donors (Lipinski definition) is 0. The van der Waals surface area contributed by atoms with E-state index in [-0.39, 0.29) is 11.8 Å². The zero-order valence-corrected chi connectivity index (χ0v) is 12.0. The fraction of sp³-hybridized carbons (Fsp3) is 0.214. The molecule has 1 atom stereocenters. The molecule has 0 aliphatic rings. The second-order valence-corrected chi connectivity index (χ2v) is 4.89. The average Bonchev–Trinajstić information content (AvgIpc) is 2.42. The number of hydrogen-bond acceptors (Lipinski definition) is 4. The van der Waals surface area contributed by atoms with Crippen LogP contribution in [0.2, 0.25) is 0 Å². The van der Waals surface area contributed by atoms with Gasteiger partial charge in [0.1, 0.15) is 10.7 Å². The monoisotopic (exact) mass is 290 g/mol. The van der Waals surface area contributed by atoms with E-state index in [1.165, 1.54) is 16.9 Å². The predicted molar refractivity (Wildman–Crippen MR) is 78.1 cm³/mol. The number of nitro benzene ring substituents is 1. The van der Waals surface area contributed by atoms with Crippen molar-refractivity contribution in [1.29, 1.82) is 0 Å². The maximum atomic E-state index is 10.8. The van der Waals surface area contributed by atoms with Gasteiger partial charge in [-0.2, -0.15) is 4.73 Å². The molecule has 0 saturated carbocycles. The Balaban J connectivity index is 2.23. The number of pyridine rings is 1. The van der Waals surface area contributed by atoms with Gasteiger partial charge in [0, 0.05) is 23.9 Å². The fourth-order valence-corrected chi connectivity index (χ4v) is 2.06. The summed E-state index contributed by atoms with van der Waals surface area (Å²) in [5.41, 5.74) is 1.82. The predicted octanol–water partition coefficient (Wildman–Crippen LogP) is 3.62. The van der Waals surface area contributed by atoms with E-state index in [0.29, 0.717) is 4.64 Å². The Labute approximate surface area is 121 Å². The first-order valence-electron chi connectivity index (χ1n) is 6.08. The Hall–Kier alpha value is -2.21. The molecular weight excluding hydrogens is 276 g/mol. The first-order valence-corrected chi connectivity index (χ1v) is 6.49. The zero-order chi connectivity index (χ0) is 14.7. The molecule has 5 nitrogen and oxygen atoms in total. The van der Waals surface area contributed by atoms with Gasteiger partial charge in [-0.25, -0.2) is 0 Å². The molecule has 0 radical (unpaired) electrons. The van der Waals surface area contributed by atoms with Crippen LogP contribution in [0.1, 0.15) is 24.2 Å². The van der Waals surface area contributed by atoms with Gasteiger partial charge in [-0.1, -0.05) is 24.4 Å². The molecular formula is C14H14N2O3S. The van der Waals surface area contributed by atoms with Crippen molar-refractivity contribution in [3.63, 3.8) is 0 Å². The van der Waals surface area contributed by atoms with Gasteiger partial charge in [0.2, 0.25) is 0 Å². The first kappa shape index (κ1) is 14.2. The van der Waals surface area contributed by atoms with E-state index in [9.17, 15) is 10.1 Å². The third kappa shape index (κ3) is 3.21. The van der Waals surface area contributed by atoms with Crippen LogP contribution in [0.15, 0.2) is 42.6 Å². The fourth-order valence-electron chi connectivity index (χ4n) is 1.77. The van der Waals surface area contributed by atoms with Crippen LogP contribution >= 0.6 is 12.2 Å². The molecule has 1 aromatic heterocycles. The van der Waals surface area contributed by atoms with E-state index < -0.39 is 4.92 Å². The summed E-state index contributed by atoms with van der Waals surface area (Å²) >= 11 is 5.20. The summed E-state index contributed by atoms with van der Waals surface area (Å²) in [6.07, 6.45) is 1.40. The molecule has 2 aromatic rings. The van der Waals surface area contributed by atoms with E-state index >= 15 is 0 Å². The van der Waals surface area contributed by atoms with Gasteiger partial charge in [0.05, 0.1) is 4.92 Å². The molecule has 20 heavy (non-hydrogen) atoms. The summed E-state index contributed by atoms with van der Waals surface area (Å²) in [7, 11) is 0. The summed E-state index contributed by atoms with van der Waals surface area (Å²) in [5, 5.41) is 10.8. The van der Waals surface area contributed by atoms with Gasteiger partial charge < -0.3 is 4.84 Å². The zero-order valence-electron chi connectivity index (χ0n) is 11.1. The summed E-state index contributed by atoms with van der Waals surface area (Å²) in [5.74, 6) is 0. The van der Waals surface area contributed by atoms with Crippen molar-refractivity contribution in [2.24, 2.45) is 0 Å². The molecule has 1 aromatic carbocycles. The first-order chi connectivity index (χ1) is 9.47. The standard InChI is InChI=1S/C14H14N2O3S/c1-10-6-7-15(14(20)8-10)19-11(2)12-4-3-5-13(9-12)16(17)18/h3-9,11H,1-2H3/t11-/m1/s1. The summed E-state index contributed by atoms with van der Waals surface area (Å²) < 4.78 is 2.05. The lowest BCUT2D eigenvalue weighted by Gasteiger charge is -2.16. The smallest absolute Gasteiger partial charge is 0.269 e. The molecule has 0 aliphatic heterocycles. The van der Waals surface area contributed by atoms with E-state index in [0.717, 1.165) is 11.1 Å². The second-order valence-electron chi connectivity index (χ2n) is 4.47. The lowest BCUT2D eigenvalue weighted by molar-refractivity contribution is -0.385. The number of aryl methyl sites for hydroxylation is 1. The number of aromatic nitrogens is 1. The SMILES string of the molecule is Cc1ccn(O[C@H](C)c2cccc([N+](=O)[O-])c2)c(=S)c1. The highest BCUT2D eigenvalue weighted by atomic mass is 32.1. The molecule has 0 unspecified atom stereocenters. The summed E-state index contributed by atoms with van der Waals surface area (Å²) in [4.78, 5) is 16.1. The van der Waals surface area contributed by atoms with Crippen LogP contribution in [-0.4, -0.2) is 9.65 Å². The van der Waals surface area contributed by atoms with Gasteiger partial charge in [0.15, 0.2) is 0 Å². The molecule has 0 N–H and O–H groups in total. The van der Waals surface area contributed by atoms with Crippen molar-refractivity contribution < 1.29 is 9.76 Å². The van der Waals surface area contributed by atoms with Crippen LogP contribution < -0.4 is 4.84 Å². The molecule has 0 amide bonds. The maximum Gasteiger partial charge on any atom is 0.269 e. The van der Waals surface area contributed by atoms with E-state index in [1.807, 2.05) is 26.0 Å². The van der Waals surface area contributed by atoms with Crippen molar-refractivity contribution in [2.75, 3.05) is 0 Å². The van der Waals surface area contributed by atoms with Crippen LogP contribution in [0, 0.1) is 21.7 Å². The molecule has 2 rings (SSSR count). The minimum atomic E-state index is -0.423. The molecule has 104 valence electrons. The van der Waals surface area contributed by atoms with Gasteiger partial charge in [-0.3, -0.25) is 10.1 Å². The Kier molecular flexibility index (Phi) is 4.14. The lowest BCUT2D eigenvalue weighted by atomic mass is 10.1. The van der Waals surface area contributed by atoms with Crippen molar-refractivity contribution in [1.82, 2.24) is 4.73 Å². The molecule has 1 heterocycles. The molecule has 6 heteroatoms. The van der Waals surface area contributed by atoms with E-state index in [1.54, 1.807) is 18.3 Å². The Morgan fingerprint density at radius 1 is 1.35 bits per heavy atom. The quantitative estimate of drug-likeness (QED) is 0.490. The largest absolute Gasteiger partial charge is 0.405 e. The molecule has 0 aliphatic carbocycles. The van der Waals surface area contributed by atoms with Gasteiger partial charge in [0.25, 0.3) is 5.69 Å². The minimum Gasteiger partial charge on any atom is -0.405 e. The third-order valence-electron chi connectivity index (χ3n) is 2.86. The third-order valence-corrected chi connectivity index (χ3v) is 3.16. The van der Waals surface area contributed by atoms with Gasteiger partial charge in [-0.15, -0.1) is 0 Å². The Bertz CT molecular complexity index is 697. The topological polar surface area (TPSA) is 57.3 Å². The van der Waals surface area contributed by atoms with E-state index in [4.69, 9.17) is 17.1 Å². The molecule has 0 spiro atoms. The van der Waals surface area contributed by atoms with Crippen LogP contribution in [-0.2, 0) is 0 Å². The summed E-state index contributed by atoms with van der Waals surface area (Å²) in [6, 6.07) is 10.1.